The molecule has 0 bridgehead atoms. The van der Waals surface area contributed by atoms with Crippen LogP contribution in [0.3, 0.4) is 0 Å². The van der Waals surface area contributed by atoms with E-state index >= 15 is 0 Å². The van der Waals surface area contributed by atoms with E-state index < -0.39 is 5.91 Å². The molecule has 17 heavy (non-hydrogen) atoms. The number of rotatable bonds is 3. The smallest absolute Gasteiger partial charge is 0.223 e. The minimum absolute atomic E-state index is 0.0123. The van der Waals surface area contributed by atoms with Crippen molar-refractivity contribution in [3.8, 4) is 0 Å². The van der Waals surface area contributed by atoms with Crippen LogP contribution in [0.15, 0.2) is 24.3 Å². The van der Waals surface area contributed by atoms with E-state index in [0.29, 0.717) is 6.54 Å². The molecule has 0 aromatic heterocycles. The van der Waals surface area contributed by atoms with Crippen molar-refractivity contribution in [2.24, 2.45) is 5.73 Å². The summed E-state index contributed by atoms with van der Waals surface area (Å²) >= 11 is 0. The summed E-state index contributed by atoms with van der Waals surface area (Å²) < 4.78 is 0. The Morgan fingerprint density at radius 1 is 1.18 bits per heavy atom. The molecule has 2 amide bonds. The Kier molecular flexibility index (Phi) is 3.42. The number of carbonyl (C=O) groups is 2. The van der Waals surface area contributed by atoms with E-state index in [1.165, 1.54) is 11.1 Å². The molecule has 1 aliphatic rings. The van der Waals surface area contributed by atoms with Crippen molar-refractivity contribution < 1.29 is 9.59 Å². The van der Waals surface area contributed by atoms with Crippen molar-refractivity contribution in [1.29, 1.82) is 0 Å². The number of nitrogens with zero attached hydrogens (tertiary/aromatic N) is 1. The Bertz CT molecular complexity index is 443. The zero-order valence-corrected chi connectivity index (χ0v) is 9.69. The van der Waals surface area contributed by atoms with Crippen LogP contribution in [0.2, 0.25) is 0 Å². The Balaban J connectivity index is 1.97. The Morgan fingerprint density at radius 2 is 1.88 bits per heavy atom. The summed E-state index contributed by atoms with van der Waals surface area (Å²) in [4.78, 5) is 24.3. The number of nitrogens with two attached hydrogens (primary N) is 1. The SMILES string of the molecule is NC(=O)CCC(=O)N1CCc2ccccc2C1. The first-order valence-corrected chi connectivity index (χ1v) is 5.79. The van der Waals surface area contributed by atoms with E-state index in [1.54, 1.807) is 4.90 Å². The molecule has 0 aliphatic carbocycles. The molecule has 0 saturated heterocycles. The van der Waals surface area contributed by atoms with E-state index in [0.717, 1.165) is 13.0 Å². The third kappa shape index (κ3) is 2.84. The largest absolute Gasteiger partial charge is 0.370 e. The molecule has 0 saturated carbocycles. The molecule has 1 heterocycles. The van der Waals surface area contributed by atoms with Gasteiger partial charge < -0.3 is 10.6 Å². The average Bonchev–Trinajstić information content (AvgIpc) is 2.35. The predicted molar refractivity (Wildman–Crippen MR) is 64.0 cm³/mol. The molecule has 1 aromatic rings. The molecule has 2 rings (SSSR count). The van der Waals surface area contributed by atoms with Gasteiger partial charge in [0, 0.05) is 25.9 Å². The fourth-order valence-corrected chi connectivity index (χ4v) is 2.10. The van der Waals surface area contributed by atoms with Crippen LogP contribution in [0, 0.1) is 0 Å². The van der Waals surface area contributed by atoms with Crippen molar-refractivity contribution in [2.75, 3.05) is 6.54 Å². The number of benzene rings is 1. The lowest BCUT2D eigenvalue weighted by atomic mass is 9.99. The molecule has 2 N–H and O–H groups in total. The molecular weight excluding hydrogens is 216 g/mol. The summed E-state index contributed by atoms with van der Waals surface area (Å²) in [5, 5.41) is 0. The van der Waals surface area contributed by atoms with Crippen LogP contribution in [0.25, 0.3) is 0 Å². The van der Waals surface area contributed by atoms with Gasteiger partial charge in [-0.2, -0.15) is 0 Å². The summed E-state index contributed by atoms with van der Waals surface area (Å²) in [7, 11) is 0. The summed E-state index contributed by atoms with van der Waals surface area (Å²) in [5.41, 5.74) is 7.55. The minimum atomic E-state index is -0.421. The second kappa shape index (κ2) is 4.99. The molecular formula is C13H16N2O2. The van der Waals surface area contributed by atoms with Gasteiger partial charge in [-0.05, 0) is 17.5 Å². The van der Waals surface area contributed by atoms with Crippen molar-refractivity contribution in [3.63, 3.8) is 0 Å². The number of primary amides is 1. The summed E-state index contributed by atoms with van der Waals surface area (Å²) in [5.74, 6) is -0.408. The maximum absolute atomic E-state index is 11.8. The first-order chi connectivity index (χ1) is 8.16. The number of hydrogen-bond acceptors (Lipinski definition) is 2. The van der Waals surface area contributed by atoms with Gasteiger partial charge in [-0.3, -0.25) is 9.59 Å². The van der Waals surface area contributed by atoms with Crippen LogP contribution in [-0.2, 0) is 22.6 Å². The number of fused-ring (bicyclic) bond motifs is 1. The fourth-order valence-electron chi connectivity index (χ4n) is 2.10. The molecule has 4 heteroatoms. The molecule has 1 aromatic carbocycles. The van der Waals surface area contributed by atoms with Crippen molar-refractivity contribution in [3.05, 3.63) is 35.4 Å². The normalized spacial score (nSPS) is 14.2. The number of carbonyl (C=O) groups excluding carboxylic acids is 2. The summed E-state index contributed by atoms with van der Waals surface area (Å²) in [6, 6.07) is 8.14. The molecule has 0 unspecified atom stereocenters. The van der Waals surface area contributed by atoms with E-state index in [4.69, 9.17) is 5.73 Å². The third-order valence-electron chi connectivity index (χ3n) is 3.07. The zero-order chi connectivity index (χ0) is 12.3. The lowest BCUT2D eigenvalue weighted by Gasteiger charge is -2.28. The number of hydrogen-bond donors (Lipinski definition) is 1. The molecule has 0 spiro atoms. The highest BCUT2D eigenvalue weighted by Gasteiger charge is 2.20. The van der Waals surface area contributed by atoms with Gasteiger partial charge in [-0.1, -0.05) is 24.3 Å². The molecule has 4 nitrogen and oxygen atoms in total. The van der Waals surface area contributed by atoms with Crippen LogP contribution in [0.5, 0.6) is 0 Å². The van der Waals surface area contributed by atoms with Crippen LogP contribution < -0.4 is 5.73 Å². The van der Waals surface area contributed by atoms with E-state index in [9.17, 15) is 9.59 Å². The zero-order valence-electron chi connectivity index (χ0n) is 9.69. The molecule has 0 radical (unpaired) electrons. The monoisotopic (exact) mass is 232 g/mol. The van der Waals surface area contributed by atoms with E-state index in [-0.39, 0.29) is 18.7 Å². The van der Waals surface area contributed by atoms with Gasteiger partial charge in [0.2, 0.25) is 11.8 Å². The highest BCUT2D eigenvalue weighted by Crippen LogP contribution is 2.19. The van der Waals surface area contributed by atoms with Crippen LogP contribution in [-0.4, -0.2) is 23.3 Å². The number of amides is 2. The molecule has 0 atom stereocenters. The maximum atomic E-state index is 11.8. The van der Waals surface area contributed by atoms with Gasteiger partial charge in [0.1, 0.15) is 0 Å². The van der Waals surface area contributed by atoms with Crippen LogP contribution in [0.1, 0.15) is 24.0 Å². The Labute approximate surface area is 100 Å². The quantitative estimate of drug-likeness (QED) is 0.839. The maximum Gasteiger partial charge on any atom is 0.223 e. The van der Waals surface area contributed by atoms with E-state index in [1.807, 2.05) is 18.2 Å². The van der Waals surface area contributed by atoms with E-state index in [2.05, 4.69) is 6.07 Å². The molecule has 1 aliphatic heterocycles. The van der Waals surface area contributed by atoms with Gasteiger partial charge in [-0.15, -0.1) is 0 Å². The Morgan fingerprint density at radius 3 is 2.59 bits per heavy atom. The van der Waals surface area contributed by atoms with Crippen LogP contribution in [0.4, 0.5) is 0 Å². The second-order valence-corrected chi connectivity index (χ2v) is 4.30. The van der Waals surface area contributed by atoms with Gasteiger partial charge in [0.05, 0.1) is 0 Å². The average molecular weight is 232 g/mol. The van der Waals surface area contributed by atoms with Crippen molar-refractivity contribution >= 4 is 11.8 Å². The standard InChI is InChI=1S/C13H16N2O2/c14-12(16)5-6-13(17)15-8-7-10-3-1-2-4-11(10)9-15/h1-4H,5-9H2,(H2,14,16). The van der Waals surface area contributed by atoms with Gasteiger partial charge in [0.15, 0.2) is 0 Å². The molecule has 0 fully saturated rings. The van der Waals surface area contributed by atoms with Crippen molar-refractivity contribution in [1.82, 2.24) is 4.90 Å². The Hall–Kier alpha value is -1.84. The third-order valence-corrected chi connectivity index (χ3v) is 3.07. The highest BCUT2D eigenvalue weighted by molar-refractivity contribution is 5.83. The first-order valence-electron chi connectivity index (χ1n) is 5.79. The lowest BCUT2D eigenvalue weighted by Crippen LogP contribution is -2.36. The van der Waals surface area contributed by atoms with Crippen molar-refractivity contribution in [2.45, 2.75) is 25.8 Å². The summed E-state index contributed by atoms with van der Waals surface area (Å²) in [6.07, 6.45) is 1.24. The second-order valence-electron chi connectivity index (χ2n) is 4.30. The topological polar surface area (TPSA) is 63.4 Å². The first kappa shape index (κ1) is 11.6. The van der Waals surface area contributed by atoms with Gasteiger partial charge >= 0.3 is 0 Å². The fraction of sp³-hybridized carbons (Fsp3) is 0.385. The van der Waals surface area contributed by atoms with Gasteiger partial charge in [0.25, 0.3) is 0 Å². The van der Waals surface area contributed by atoms with Crippen LogP contribution >= 0.6 is 0 Å². The van der Waals surface area contributed by atoms with Gasteiger partial charge in [-0.25, -0.2) is 0 Å². The highest BCUT2D eigenvalue weighted by atomic mass is 16.2. The predicted octanol–water partition coefficient (Wildman–Crippen LogP) is 0.837. The summed E-state index contributed by atoms with van der Waals surface area (Å²) in [6.45, 7) is 1.38. The minimum Gasteiger partial charge on any atom is -0.370 e. The molecule has 90 valence electrons. The lowest BCUT2D eigenvalue weighted by molar-refractivity contribution is -0.133.